The minimum atomic E-state index is -0.134. The SMILES string of the molecule is CC(C(=O)N1CCc2ccc(O)cc2C1)c1ccccc1. The van der Waals surface area contributed by atoms with Gasteiger partial charge in [-0.05, 0) is 42.2 Å². The Morgan fingerprint density at radius 2 is 1.90 bits per heavy atom. The van der Waals surface area contributed by atoms with E-state index in [2.05, 4.69) is 0 Å². The zero-order valence-corrected chi connectivity index (χ0v) is 12.1. The lowest BCUT2D eigenvalue weighted by atomic mass is 9.95. The minimum Gasteiger partial charge on any atom is -0.508 e. The summed E-state index contributed by atoms with van der Waals surface area (Å²) in [4.78, 5) is 14.5. The summed E-state index contributed by atoms with van der Waals surface area (Å²) < 4.78 is 0. The van der Waals surface area contributed by atoms with Crippen LogP contribution < -0.4 is 0 Å². The third-order valence-electron chi connectivity index (χ3n) is 4.18. The van der Waals surface area contributed by atoms with Gasteiger partial charge in [-0.2, -0.15) is 0 Å². The van der Waals surface area contributed by atoms with E-state index in [4.69, 9.17) is 0 Å². The largest absolute Gasteiger partial charge is 0.508 e. The molecule has 1 N–H and O–H groups in total. The lowest BCUT2D eigenvalue weighted by Gasteiger charge is -2.31. The quantitative estimate of drug-likeness (QED) is 0.919. The molecule has 3 rings (SSSR count). The molecule has 0 bridgehead atoms. The van der Waals surface area contributed by atoms with Crippen LogP contribution in [-0.2, 0) is 17.8 Å². The fraction of sp³-hybridized carbons (Fsp3) is 0.278. The molecule has 1 heterocycles. The summed E-state index contributed by atoms with van der Waals surface area (Å²) in [6.07, 6.45) is 0.850. The van der Waals surface area contributed by atoms with Gasteiger partial charge in [0.2, 0.25) is 5.91 Å². The van der Waals surface area contributed by atoms with Crippen molar-refractivity contribution in [3.05, 3.63) is 65.2 Å². The number of rotatable bonds is 2. The van der Waals surface area contributed by atoms with Crippen molar-refractivity contribution in [2.24, 2.45) is 0 Å². The molecule has 0 spiro atoms. The minimum absolute atomic E-state index is 0.134. The molecule has 3 nitrogen and oxygen atoms in total. The molecular weight excluding hydrogens is 262 g/mol. The van der Waals surface area contributed by atoms with Gasteiger partial charge in [0, 0.05) is 13.1 Å². The number of benzene rings is 2. The van der Waals surface area contributed by atoms with E-state index in [9.17, 15) is 9.90 Å². The first-order chi connectivity index (χ1) is 10.1. The molecule has 2 aromatic rings. The number of amides is 1. The van der Waals surface area contributed by atoms with E-state index in [-0.39, 0.29) is 17.6 Å². The van der Waals surface area contributed by atoms with Crippen LogP contribution in [0.15, 0.2) is 48.5 Å². The van der Waals surface area contributed by atoms with Gasteiger partial charge >= 0.3 is 0 Å². The molecule has 0 fully saturated rings. The van der Waals surface area contributed by atoms with E-state index in [1.54, 1.807) is 12.1 Å². The molecule has 0 saturated carbocycles. The Labute approximate surface area is 124 Å². The first-order valence-electron chi connectivity index (χ1n) is 7.29. The lowest BCUT2D eigenvalue weighted by molar-refractivity contribution is -0.133. The number of carbonyl (C=O) groups is 1. The van der Waals surface area contributed by atoms with E-state index in [1.165, 1.54) is 5.56 Å². The van der Waals surface area contributed by atoms with Gasteiger partial charge in [-0.3, -0.25) is 4.79 Å². The normalized spacial score (nSPS) is 15.4. The average Bonchev–Trinajstić information content (AvgIpc) is 2.53. The predicted octanol–water partition coefficient (Wildman–Crippen LogP) is 3.08. The fourth-order valence-corrected chi connectivity index (χ4v) is 2.89. The number of phenolic OH excluding ortho intramolecular Hbond substituents is 1. The van der Waals surface area contributed by atoms with Crippen LogP contribution in [0.4, 0.5) is 0 Å². The maximum atomic E-state index is 12.7. The van der Waals surface area contributed by atoms with E-state index in [0.29, 0.717) is 6.54 Å². The third kappa shape index (κ3) is 2.77. The Morgan fingerprint density at radius 1 is 1.14 bits per heavy atom. The highest BCUT2D eigenvalue weighted by atomic mass is 16.3. The summed E-state index contributed by atoms with van der Waals surface area (Å²) in [5.41, 5.74) is 3.32. The zero-order chi connectivity index (χ0) is 14.8. The molecule has 0 radical (unpaired) electrons. The topological polar surface area (TPSA) is 40.5 Å². The molecule has 1 unspecified atom stereocenters. The third-order valence-corrected chi connectivity index (χ3v) is 4.18. The molecule has 108 valence electrons. The van der Waals surface area contributed by atoms with Crippen LogP contribution in [0.3, 0.4) is 0 Å². The highest BCUT2D eigenvalue weighted by molar-refractivity contribution is 5.83. The van der Waals surface area contributed by atoms with Crippen LogP contribution in [0.5, 0.6) is 5.75 Å². The molecule has 0 saturated heterocycles. The number of carbonyl (C=O) groups excluding carboxylic acids is 1. The van der Waals surface area contributed by atoms with Crippen LogP contribution in [0.2, 0.25) is 0 Å². The molecular formula is C18H19NO2. The van der Waals surface area contributed by atoms with Gasteiger partial charge < -0.3 is 10.0 Å². The van der Waals surface area contributed by atoms with Crippen molar-refractivity contribution in [2.75, 3.05) is 6.54 Å². The van der Waals surface area contributed by atoms with Crippen molar-refractivity contribution >= 4 is 5.91 Å². The highest BCUT2D eigenvalue weighted by Crippen LogP contribution is 2.26. The monoisotopic (exact) mass is 281 g/mol. The summed E-state index contributed by atoms with van der Waals surface area (Å²) in [6, 6.07) is 15.3. The smallest absolute Gasteiger partial charge is 0.230 e. The van der Waals surface area contributed by atoms with Gasteiger partial charge in [-0.15, -0.1) is 0 Å². The summed E-state index contributed by atoms with van der Waals surface area (Å²) >= 11 is 0. The van der Waals surface area contributed by atoms with Crippen LogP contribution in [0.25, 0.3) is 0 Å². The number of hydrogen-bond donors (Lipinski definition) is 1. The summed E-state index contributed by atoms with van der Waals surface area (Å²) in [5.74, 6) is 0.277. The van der Waals surface area contributed by atoms with E-state index >= 15 is 0 Å². The Hall–Kier alpha value is -2.29. The molecule has 3 heteroatoms. The molecule has 1 atom stereocenters. The second-order valence-electron chi connectivity index (χ2n) is 5.60. The van der Waals surface area contributed by atoms with Gasteiger partial charge in [0.15, 0.2) is 0 Å². The van der Waals surface area contributed by atoms with Crippen molar-refractivity contribution in [3.63, 3.8) is 0 Å². The Kier molecular flexibility index (Phi) is 3.65. The van der Waals surface area contributed by atoms with E-state index < -0.39 is 0 Å². The summed E-state index contributed by atoms with van der Waals surface area (Å²) in [6.45, 7) is 3.28. The summed E-state index contributed by atoms with van der Waals surface area (Å²) in [7, 11) is 0. The zero-order valence-electron chi connectivity index (χ0n) is 12.1. The molecule has 1 aliphatic rings. The van der Waals surface area contributed by atoms with Crippen molar-refractivity contribution in [1.82, 2.24) is 4.90 Å². The number of fused-ring (bicyclic) bond motifs is 1. The van der Waals surface area contributed by atoms with Gasteiger partial charge in [0.1, 0.15) is 5.75 Å². The van der Waals surface area contributed by atoms with Crippen molar-refractivity contribution in [3.8, 4) is 5.75 Å². The lowest BCUT2D eigenvalue weighted by Crippen LogP contribution is -2.38. The number of nitrogens with zero attached hydrogens (tertiary/aromatic N) is 1. The molecule has 2 aromatic carbocycles. The first-order valence-corrected chi connectivity index (χ1v) is 7.29. The standard InChI is InChI=1S/C18H19NO2/c1-13(14-5-3-2-4-6-14)18(21)19-10-9-15-7-8-17(20)11-16(15)12-19/h2-8,11,13,20H,9-10,12H2,1H3. The van der Waals surface area contributed by atoms with Crippen LogP contribution >= 0.6 is 0 Å². The maximum absolute atomic E-state index is 12.7. The number of phenols is 1. The van der Waals surface area contributed by atoms with Crippen molar-refractivity contribution in [2.45, 2.75) is 25.8 Å². The molecule has 1 amide bonds. The second kappa shape index (κ2) is 5.60. The van der Waals surface area contributed by atoms with E-state index in [1.807, 2.05) is 48.2 Å². The van der Waals surface area contributed by atoms with E-state index in [0.717, 1.165) is 24.1 Å². The Morgan fingerprint density at radius 3 is 2.67 bits per heavy atom. The van der Waals surface area contributed by atoms with Crippen LogP contribution in [-0.4, -0.2) is 22.5 Å². The number of aromatic hydroxyl groups is 1. The average molecular weight is 281 g/mol. The predicted molar refractivity (Wildman–Crippen MR) is 82.1 cm³/mol. The highest BCUT2D eigenvalue weighted by Gasteiger charge is 2.25. The Balaban J connectivity index is 1.78. The van der Waals surface area contributed by atoms with Crippen molar-refractivity contribution in [1.29, 1.82) is 0 Å². The van der Waals surface area contributed by atoms with Gasteiger partial charge in [0.05, 0.1) is 5.92 Å². The molecule has 21 heavy (non-hydrogen) atoms. The Bertz CT molecular complexity index is 652. The van der Waals surface area contributed by atoms with Crippen LogP contribution in [0, 0.1) is 0 Å². The molecule has 1 aliphatic heterocycles. The fourth-order valence-electron chi connectivity index (χ4n) is 2.89. The number of hydrogen-bond acceptors (Lipinski definition) is 2. The van der Waals surface area contributed by atoms with Gasteiger partial charge in [-0.25, -0.2) is 0 Å². The summed E-state index contributed by atoms with van der Waals surface area (Å²) in [5, 5.41) is 9.60. The first kappa shape index (κ1) is 13.7. The second-order valence-corrected chi connectivity index (χ2v) is 5.60. The van der Waals surface area contributed by atoms with Crippen molar-refractivity contribution < 1.29 is 9.90 Å². The van der Waals surface area contributed by atoms with Crippen LogP contribution in [0.1, 0.15) is 29.5 Å². The molecule has 0 aromatic heterocycles. The van der Waals surface area contributed by atoms with Gasteiger partial charge in [-0.1, -0.05) is 36.4 Å². The maximum Gasteiger partial charge on any atom is 0.230 e. The molecule has 0 aliphatic carbocycles. The van der Waals surface area contributed by atoms with Gasteiger partial charge in [0.25, 0.3) is 0 Å².